The van der Waals surface area contributed by atoms with E-state index in [9.17, 15) is 14.0 Å². The monoisotopic (exact) mass is 280 g/mol. The summed E-state index contributed by atoms with van der Waals surface area (Å²) >= 11 is 0. The molecule has 2 amide bonds. The first-order chi connectivity index (χ1) is 9.58. The molecule has 0 saturated carbocycles. The SMILES string of the molecule is NC(=O)[C@@H]1C[C@@H](F)CN1C(=O)COCc1ccccc1. The number of halogens is 1. The summed E-state index contributed by atoms with van der Waals surface area (Å²) in [5, 5.41) is 0. The number of hydrogen-bond acceptors (Lipinski definition) is 3. The third-order valence-corrected chi connectivity index (χ3v) is 3.24. The van der Waals surface area contributed by atoms with Gasteiger partial charge in [0.05, 0.1) is 13.2 Å². The minimum absolute atomic E-state index is 0.0280. The number of nitrogens with two attached hydrogens (primary N) is 1. The molecule has 0 aliphatic carbocycles. The average Bonchev–Trinajstić information content (AvgIpc) is 2.82. The van der Waals surface area contributed by atoms with Crippen LogP contribution in [-0.4, -0.2) is 42.1 Å². The lowest BCUT2D eigenvalue weighted by molar-refractivity contribution is -0.141. The van der Waals surface area contributed by atoms with Crippen molar-refractivity contribution in [1.82, 2.24) is 4.90 Å². The smallest absolute Gasteiger partial charge is 0.249 e. The highest BCUT2D eigenvalue weighted by molar-refractivity contribution is 5.87. The van der Waals surface area contributed by atoms with Crippen LogP contribution < -0.4 is 5.73 Å². The third kappa shape index (κ3) is 3.54. The van der Waals surface area contributed by atoms with E-state index in [2.05, 4.69) is 0 Å². The highest BCUT2D eigenvalue weighted by Gasteiger charge is 2.38. The molecule has 1 heterocycles. The van der Waals surface area contributed by atoms with E-state index in [0.29, 0.717) is 6.61 Å². The number of amides is 2. The summed E-state index contributed by atoms with van der Waals surface area (Å²) in [6, 6.07) is 8.53. The Morgan fingerprint density at radius 2 is 2.05 bits per heavy atom. The van der Waals surface area contributed by atoms with Gasteiger partial charge in [0, 0.05) is 6.42 Å². The summed E-state index contributed by atoms with van der Waals surface area (Å²) in [6.45, 7) is 0.00719. The molecule has 1 aliphatic rings. The van der Waals surface area contributed by atoms with Crippen molar-refractivity contribution in [3.63, 3.8) is 0 Å². The molecule has 0 radical (unpaired) electrons. The topological polar surface area (TPSA) is 72.6 Å². The van der Waals surface area contributed by atoms with Gasteiger partial charge in [-0.1, -0.05) is 30.3 Å². The molecule has 1 fully saturated rings. The second-order valence-electron chi connectivity index (χ2n) is 4.78. The maximum Gasteiger partial charge on any atom is 0.249 e. The number of hydrogen-bond donors (Lipinski definition) is 1. The van der Waals surface area contributed by atoms with Crippen LogP contribution in [0.15, 0.2) is 30.3 Å². The first-order valence-electron chi connectivity index (χ1n) is 6.42. The van der Waals surface area contributed by atoms with Crippen molar-refractivity contribution in [2.75, 3.05) is 13.2 Å². The van der Waals surface area contributed by atoms with Gasteiger partial charge in [0.1, 0.15) is 18.8 Å². The number of carbonyl (C=O) groups excluding carboxylic acids is 2. The summed E-state index contributed by atoms with van der Waals surface area (Å²) in [6.07, 6.45) is -1.23. The van der Waals surface area contributed by atoms with E-state index in [1.54, 1.807) is 0 Å². The molecular formula is C14H17FN2O3. The van der Waals surface area contributed by atoms with Gasteiger partial charge in [0.2, 0.25) is 11.8 Å². The Morgan fingerprint density at radius 1 is 1.35 bits per heavy atom. The average molecular weight is 280 g/mol. The number of primary amides is 1. The molecule has 6 heteroatoms. The molecular weight excluding hydrogens is 263 g/mol. The molecule has 0 spiro atoms. The van der Waals surface area contributed by atoms with E-state index in [0.717, 1.165) is 10.5 Å². The van der Waals surface area contributed by atoms with Gasteiger partial charge in [0.15, 0.2) is 0 Å². The van der Waals surface area contributed by atoms with Crippen LogP contribution in [0.4, 0.5) is 4.39 Å². The molecule has 1 aromatic carbocycles. The summed E-state index contributed by atoms with van der Waals surface area (Å²) in [5.41, 5.74) is 6.11. The van der Waals surface area contributed by atoms with E-state index in [4.69, 9.17) is 10.5 Å². The standard InChI is InChI=1S/C14H17FN2O3/c15-11-6-12(14(16)19)17(7-11)13(18)9-20-8-10-4-2-1-3-5-10/h1-5,11-12H,6-9H2,(H2,16,19)/t11-,12+/m1/s1. The van der Waals surface area contributed by atoms with Gasteiger partial charge in [-0.3, -0.25) is 9.59 Å². The van der Waals surface area contributed by atoms with Crippen molar-refractivity contribution in [2.24, 2.45) is 5.73 Å². The van der Waals surface area contributed by atoms with Crippen molar-refractivity contribution >= 4 is 11.8 Å². The predicted molar refractivity (Wildman–Crippen MR) is 70.3 cm³/mol. The van der Waals surface area contributed by atoms with Crippen molar-refractivity contribution in [3.8, 4) is 0 Å². The number of carbonyl (C=O) groups is 2. The Hall–Kier alpha value is -1.95. The molecule has 1 aromatic rings. The Labute approximate surface area is 116 Å². The van der Waals surface area contributed by atoms with Gasteiger partial charge in [-0.25, -0.2) is 4.39 Å². The minimum atomic E-state index is -1.20. The van der Waals surface area contributed by atoms with E-state index in [-0.39, 0.29) is 19.6 Å². The summed E-state index contributed by atoms with van der Waals surface area (Å²) in [4.78, 5) is 24.3. The fourth-order valence-electron chi connectivity index (χ4n) is 2.24. The van der Waals surface area contributed by atoms with E-state index in [1.807, 2.05) is 30.3 Å². The second-order valence-corrected chi connectivity index (χ2v) is 4.78. The van der Waals surface area contributed by atoms with Crippen molar-refractivity contribution in [3.05, 3.63) is 35.9 Å². The number of benzene rings is 1. The predicted octanol–water partition coefficient (Wildman–Crippen LogP) is 0.627. The van der Waals surface area contributed by atoms with Gasteiger partial charge in [-0.05, 0) is 5.56 Å². The largest absolute Gasteiger partial charge is 0.368 e. The zero-order chi connectivity index (χ0) is 14.5. The van der Waals surface area contributed by atoms with Crippen LogP contribution in [0.25, 0.3) is 0 Å². The molecule has 0 bridgehead atoms. The van der Waals surface area contributed by atoms with Crippen LogP contribution >= 0.6 is 0 Å². The van der Waals surface area contributed by atoms with Gasteiger partial charge >= 0.3 is 0 Å². The Kier molecular flexibility index (Phi) is 4.68. The van der Waals surface area contributed by atoms with E-state index >= 15 is 0 Å². The molecule has 2 rings (SSSR count). The molecule has 1 aliphatic heterocycles. The maximum atomic E-state index is 13.3. The fraction of sp³-hybridized carbons (Fsp3) is 0.429. The van der Waals surface area contributed by atoms with Crippen molar-refractivity contribution < 1.29 is 18.7 Å². The molecule has 1 saturated heterocycles. The first kappa shape index (κ1) is 14.5. The molecule has 0 unspecified atom stereocenters. The van der Waals surface area contributed by atoms with Gasteiger partial charge in [0.25, 0.3) is 0 Å². The number of ether oxygens (including phenoxy) is 1. The van der Waals surface area contributed by atoms with Gasteiger partial charge < -0.3 is 15.4 Å². The van der Waals surface area contributed by atoms with Gasteiger partial charge in [-0.15, -0.1) is 0 Å². The first-order valence-corrected chi connectivity index (χ1v) is 6.42. The summed E-state index contributed by atoms with van der Waals surface area (Å²) in [7, 11) is 0. The lowest BCUT2D eigenvalue weighted by Gasteiger charge is -2.21. The normalized spacial score (nSPS) is 21.9. The molecule has 2 N–H and O–H groups in total. The second kappa shape index (κ2) is 6.47. The molecule has 20 heavy (non-hydrogen) atoms. The van der Waals surface area contributed by atoms with E-state index < -0.39 is 24.0 Å². The van der Waals surface area contributed by atoms with Crippen LogP contribution in [0.1, 0.15) is 12.0 Å². The van der Waals surface area contributed by atoms with Crippen LogP contribution in [-0.2, 0) is 20.9 Å². The van der Waals surface area contributed by atoms with E-state index in [1.165, 1.54) is 0 Å². The van der Waals surface area contributed by atoms with Crippen LogP contribution in [0.5, 0.6) is 0 Å². The molecule has 5 nitrogen and oxygen atoms in total. The lowest BCUT2D eigenvalue weighted by atomic mass is 10.2. The van der Waals surface area contributed by atoms with Crippen LogP contribution in [0.3, 0.4) is 0 Å². The Bertz CT molecular complexity index is 481. The maximum absolute atomic E-state index is 13.3. The molecule has 0 aromatic heterocycles. The number of alkyl halides is 1. The number of rotatable bonds is 5. The summed E-state index contributed by atoms with van der Waals surface area (Å²) < 4.78 is 18.6. The van der Waals surface area contributed by atoms with Crippen LogP contribution in [0, 0.1) is 0 Å². The lowest BCUT2D eigenvalue weighted by Crippen LogP contribution is -2.45. The summed E-state index contributed by atoms with van der Waals surface area (Å²) in [5.74, 6) is -1.09. The fourth-order valence-corrected chi connectivity index (χ4v) is 2.24. The Balaban J connectivity index is 1.84. The molecule has 2 atom stereocenters. The van der Waals surface area contributed by atoms with Crippen LogP contribution in [0.2, 0.25) is 0 Å². The zero-order valence-corrected chi connectivity index (χ0v) is 11.0. The highest BCUT2D eigenvalue weighted by Crippen LogP contribution is 2.20. The zero-order valence-electron chi connectivity index (χ0n) is 11.0. The van der Waals surface area contributed by atoms with Crippen molar-refractivity contribution in [2.45, 2.75) is 25.2 Å². The minimum Gasteiger partial charge on any atom is -0.368 e. The quantitative estimate of drug-likeness (QED) is 0.859. The Morgan fingerprint density at radius 3 is 2.70 bits per heavy atom. The third-order valence-electron chi connectivity index (χ3n) is 3.24. The van der Waals surface area contributed by atoms with Crippen molar-refractivity contribution in [1.29, 1.82) is 0 Å². The number of likely N-dealkylation sites (tertiary alicyclic amines) is 1. The van der Waals surface area contributed by atoms with Gasteiger partial charge in [-0.2, -0.15) is 0 Å². The number of nitrogens with zero attached hydrogens (tertiary/aromatic N) is 1. The highest BCUT2D eigenvalue weighted by atomic mass is 19.1. The molecule has 108 valence electrons.